The molecule has 0 spiro atoms. The Kier molecular flexibility index (Phi) is 3.69. The van der Waals surface area contributed by atoms with Crippen molar-refractivity contribution in [3.63, 3.8) is 0 Å². The molecule has 0 saturated carbocycles. The zero-order chi connectivity index (χ0) is 16.6. The average molecular weight is 308 g/mol. The van der Waals surface area contributed by atoms with Crippen LogP contribution in [0.1, 0.15) is 20.8 Å². The number of hydrogen-bond donors (Lipinski definition) is 0. The summed E-state index contributed by atoms with van der Waals surface area (Å²) in [5.74, 6) is 0. The Labute approximate surface area is 136 Å². The van der Waals surface area contributed by atoms with Gasteiger partial charge in [0.15, 0.2) is 0 Å². The monoisotopic (exact) mass is 308 g/mol. The van der Waals surface area contributed by atoms with E-state index in [9.17, 15) is 10.1 Å². The Hall–Kier alpha value is -2.61. The number of benzene rings is 1. The second-order valence-corrected chi connectivity index (χ2v) is 7.12. The number of nitriles is 1. The Morgan fingerprint density at radius 1 is 1.30 bits per heavy atom. The predicted octanol–water partition coefficient (Wildman–Crippen LogP) is 3.42. The maximum atomic E-state index is 12.9. The lowest BCUT2D eigenvalue weighted by Gasteiger charge is -2.26. The largest absolute Gasteiger partial charge is 0.325 e. The topological polar surface area (TPSA) is 60.2 Å². The minimum absolute atomic E-state index is 0.0112. The van der Waals surface area contributed by atoms with Gasteiger partial charge in [0.2, 0.25) is 0 Å². The van der Waals surface area contributed by atoms with Gasteiger partial charge in [0.25, 0.3) is 0 Å². The molecule has 118 valence electrons. The third-order valence-electron chi connectivity index (χ3n) is 3.90. The minimum atomic E-state index is -0.488. The molecular weight excluding hydrogens is 288 g/mol. The number of carbonyl (C=O) groups is 1. The number of rotatable bonds is 2. The summed E-state index contributed by atoms with van der Waals surface area (Å²) in [7, 11) is 0. The quantitative estimate of drug-likeness (QED) is 0.854. The predicted molar refractivity (Wildman–Crippen MR) is 90.0 cm³/mol. The Balaban J connectivity index is 2.03. The first-order chi connectivity index (χ1) is 10.9. The highest BCUT2D eigenvalue weighted by Gasteiger charge is 2.40. The van der Waals surface area contributed by atoms with Gasteiger partial charge in [-0.05, 0) is 5.41 Å². The van der Waals surface area contributed by atoms with Gasteiger partial charge in [-0.1, -0.05) is 45.0 Å². The normalized spacial score (nSPS) is 18.5. The summed E-state index contributed by atoms with van der Waals surface area (Å²) in [6.07, 6.45) is 3.44. The van der Waals surface area contributed by atoms with Crippen molar-refractivity contribution in [2.24, 2.45) is 5.41 Å². The van der Waals surface area contributed by atoms with Crippen LogP contribution >= 0.6 is 0 Å². The van der Waals surface area contributed by atoms with Crippen molar-refractivity contribution < 1.29 is 4.79 Å². The fourth-order valence-corrected chi connectivity index (χ4v) is 3.02. The van der Waals surface area contributed by atoms with Crippen molar-refractivity contribution in [1.82, 2.24) is 9.88 Å². The van der Waals surface area contributed by atoms with Crippen LogP contribution in [-0.2, 0) is 0 Å². The first-order valence-corrected chi connectivity index (χ1v) is 7.71. The summed E-state index contributed by atoms with van der Waals surface area (Å²) in [4.78, 5) is 20.5. The first kappa shape index (κ1) is 15.3. The standard InChI is InChI=1S/C18H20N4O/c1-18(2,3)12-21-11-14(8-19)22(17(21)23)16-10-20-9-13-6-4-5-7-15(13)16/h4-7,9-10,14H,11-12H2,1-3H3/t14-/m1/s1. The molecule has 2 heterocycles. The van der Waals surface area contributed by atoms with E-state index in [2.05, 4.69) is 31.8 Å². The number of carbonyl (C=O) groups excluding carboxylic acids is 1. The number of fused-ring (bicyclic) bond motifs is 1. The van der Waals surface area contributed by atoms with Gasteiger partial charge in [0.05, 0.1) is 24.5 Å². The molecular formula is C18H20N4O. The second kappa shape index (κ2) is 5.54. The highest BCUT2D eigenvalue weighted by atomic mass is 16.2. The summed E-state index contributed by atoms with van der Waals surface area (Å²) >= 11 is 0. The van der Waals surface area contributed by atoms with Gasteiger partial charge >= 0.3 is 6.03 Å². The van der Waals surface area contributed by atoms with Crippen LogP contribution in [0.3, 0.4) is 0 Å². The lowest BCUT2D eigenvalue weighted by molar-refractivity contribution is 0.197. The fourth-order valence-electron chi connectivity index (χ4n) is 3.02. The van der Waals surface area contributed by atoms with Crippen molar-refractivity contribution >= 4 is 22.5 Å². The zero-order valence-electron chi connectivity index (χ0n) is 13.7. The maximum absolute atomic E-state index is 12.9. The smallest absolute Gasteiger partial charge is 0.321 e. The SMILES string of the molecule is CC(C)(C)CN1C[C@@H](C#N)N(c2cncc3ccccc23)C1=O. The number of aromatic nitrogens is 1. The van der Waals surface area contributed by atoms with Crippen LogP contribution in [-0.4, -0.2) is 35.0 Å². The maximum Gasteiger partial charge on any atom is 0.325 e. The van der Waals surface area contributed by atoms with Gasteiger partial charge in [-0.2, -0.15) is 5.26 Å². The molecule has 2 aromatic rings. The third-order valence-corrected chi connectivity index (χ3v) is 3.90. The Morgan fingerprint density at radius 3 is 2.74 bits per heavy atom. The van der Waals surface area contributed by atoms with Crippen LogP contribution in [0, 0.1) is 16.7 Å². The molecule has 23 heavy (non-hydrogen) atoms. The van der Waals surface area contributed by atoms with Gasteiger partial charge in [-0.3, -0.25) is 9.88 Å². The van der Waals surface area contributed by atoms with Crippen molar-refractivity contribution in [2.75, 3.05) is 18.0 Å². The molecule has 0 bridgehead atoms. The number of anilines is 1. The van der Waals surface area contributed by atoms with Gasteiger partial charge in [0, 0.05) is 23.5 Å². The van der Waals surface area contributed by atoms with E-state index in [1.54, 1.807) is 22.2 Å². The second-order valence-electron chi connectivity index (χ2n) is 7.12. The molecule has 0 aliphatic carbocycles. The van der Waals surface area contributed by atoms with Gasteiger partial charge in [-0.25, -0.2) is 4.79 Å². The van der Waals surface area contributed by atoms with Crippen molar-refractivity contribution in [3.05, 3.63) is 36.7 Å². The Morgan fingerprint density at radius 2 is 2.04 bits per heavy atom. The average Bonchev–Trinajstić information content (AvgIpc) is 2.81. The van der Waals surface area contributed by atoms with Crippen molar-refractivity contribution in [3.8, 4) is 6.07 Å². The van der Waals surface area contributed by atoms with E-state index in [-0.39, 0.29) is 11.4 Å². The van der Waals surface area contributed by atoms with Gasteiger partial charge < -0.3 is 4.90 Å². The van der Waals surface area contributed by atoms with Crippen molar-refractivity contribution in [1.29, 1.82) is 5.26 Å². The van der Waals surface area contributed by atoms with Gasteiger partial charge in [0.1, 0.15) is 6.04 Å². The fraction of sp³-hybridized carbons (Fsp3) is 0.389. The number of hydrogen-bond acceptors (Lipinski definition) is 3. The summed E-state index contributed by atoms with van der Waals surface area (Å²) in [6.45, 7) is 7.31. The number of urea groups is 1. The summed E-state index contributed by atoms with van der Waals surface area (Å²) < 4.78 is 0. The van der Waals surface area contributed by atoms with Crippen LogP contribution in [0.15, 0.2) is 36.7 Å². The molecule has 5 nitrogen and oxygen atoms in total. The van der Waals surface area contributed by atoms with Crippen LogP contribution in [0.2, 0.25) is 0 Å². The van der Waals surface area contributed by atoms with E-state index in [0.29, 0.717) is 18.8 Å². The van der Waals surface area contributed by atoms with E-state index in [4.69, 9.17) is 0 Å². The van der Waals surface area contributed by atoms with E-state index < -0.39 is 6.04 Å². The Bertz CT molecular complexity index is 782. The molecule has 0 unspecified atom stereocenters. The van der Waals surface area contributed by atoms with Crippen LogP contribution < -0.4 is 4.90 Å². The van der Waals surface area contributed by atoms with E-state index >= 15 is 0 Å². The van der Waals surface area contributed by atoms with Crippen LogP contribution in [0.25, 0.3) is 10.8 Å². The molecule has 1 fully saturated rings. The molecule has 0 N–H and O–H groups in total. The number of pyridine rings is 1. The molecule has 0 radical (unpaired) electrons. The van der Waals surface area contributed by atoms with Gasteiger partial charge in [-0.15, -0.1) is 0 Å². The molecule has 1 atom stereocenters. The number of amides is 2. The number of nitrogens with zero attached hydrogens (tertiary/aromatic N) is 4. The van der Waals surface area contributed by atoms with Crippen LogP contribution in [0.5, 0.6) is 0 Å². The molecule has 2 amide bonds. The molecule has 3 rings (SSSR count). The van der Waals surface area contributed by atoms with E-state index in [1.165, 1.54) is 0 Å². The summed E-state index contributed by atoms with van der Waals surface area (Å²) in [5.41, 5.74) is 0.693. The highest BCUT2D eigenvalue weighted by Crippen LogP contribution is 2.32. The zero-order valence-corrected chi connectivity index (χ0v) is 13.7. The summed E-state index contributed by atoms with van der Waals surface area (Å²) in [6, 6.07) is 9.44. The molecule has 1 aliphatic heterocycles. The van der Waals surface area contributed by atoms with Crippen molar-refractivity contribution in [2.45, 2.75) is 26.8 Å². The highest BCUT2D eigenvalue weighted by molar-refractivity contribution is 6.04. The lowest BCUT2D eigenvalue weighted by atomic mass is 9.96. The molecule has 1 aromatic carbocycles. The third kappa shape index (κ3) is 2.85. The molecule has 1 aliphatic rings. The van der Waals surface area contributed by atoms with Crippen LogP contribution in [0.4, 0.5) is 10.5 Å². The summed E-state index contributed by atoms with van der Waals surface area (Å²) in [5, 5.41) is 11.4. The lowest BCUT2D eigenvalue weighted by Crippen LogP contribution is -2.37. The molecule has 1 aromatic heterocycles. The minimum Gasteiger partial charge on any atom is -0.321 e. The molecule has 5 heteroatoms. The van der Waals surface area contributed by atoms with E-state index in [1.807, 2.05) is 24.3 Å². The first-order valence-electron chi connectivity index (χ1n) is 7.71. The van der Waals surface area contributed by atoms with E-state index in [0.717, 1.165) is 10.8 Å². The molecule has 1 saturated heterocycles.